The van der Waals surface area contributed by atoms with Gasteiger partial charge in [0.25, 0.3) is 0 Å². The minimum absolute atomic E-state index is 0.284. The second-order valence-corrected chi connectivity index (χ2v) is 6.43. The van der Waals surface area contributed by atoms with E-state index in [9.17, 15) is 13.2 Å². The fraction of sp³-hybridized carbons (Fsp3) is 0.571. The fourth-order valence-electron chi connectivity index (χ4n) is 2.08. The Balaban J connectivity index is 2.91. The molecule has 0 bridgehead atoms. The van der Waals surface area contributed by atoms with E-state index in [4.69, 9.17) is 0 Å². The van der Waals surface area contributed by atoms with Crippen LogP contribution >= 0.6 is 15.9 Å². The molecule has 0 nitrogen and oxygen atoms in total. The number of alkyl halides is 4. The van der Waals surface area contributed by atoms with Crippen molar-refractivity contribution in [1.82, 2.24) is 0 Å². The van der Waals surface area contributed by atoms with Gasteiger partial charge < -0.3 is 0 Å². The minimum Gasteiger partial charge on any atom is -0.166 e. The van der Waals surface area contributed by atoms with E-state index in [1.165, 1.54) is 12.1 Å². The molecule has 1 aromatic rings. The van der Waals surface area contributed by atoms with Gasteiger partial charge in [-0.05, 0) is 29.9 Å². The van der Waals surface area contributed by atoms with Crippen LogP contribution in [0.2, 0.25) is 0 Å². The molecule has 18 heavy (non-hydrogen) atoms. The highest BCUT2D eigenvalue weighted by Gasteiger charge is 2.30. The third-order valence-electron chi connectivity index (χ3n) is 3.17. The lowest BCUT2D eigenvalue weighted by Crippen LogP contribution is -2.20. The van der Waals surface area contributed by atoms with Gasteiger partial charge in [-0.15, -0.1) is 0 Å². The number of benzene rings is 1. The average Bonchev–Trinajstić information content (AvgIpc) is 2.24. The van der Waals surface area contributed by atoms with E-state index >= 15 is 0 Å². The molecule has 0 saturated carbocycles. The molecule has 0 spiro atoms. The summed E-state index contributed by atoms with van der Waals surface area (Å²) in [5, 5.41) is 0. The lowest BCUT2D eigenvalue weighted by Gasteiger charge is -2.24. The second kappa shape index (κ2) is 6.09. The highest BCUT2D eigenvalue weighted by Crippen LogP contribution is 2.31. The van der Waals surface area contributed by atoms with Crippen molar-refractivity contribution < 1.29 is 13.2 Å². The lowest BCUT2D eigenvalue weighted by molar-refractivity contribution is -0.137. The smallest absolute Gasteiger partial charge is 0.166 e. The summed E-state index contributed by atoms with van der Waals surface area (Å²) in [6.07, 6.45) is -3.60. The molecular weight excluding hydrogens is 305 g/mol. The van der Waals surface area contributed by atoms with Gasteiger partial charge in [-0.25, -0.2) is 0 Å². The van der Waals surface area contributed by atoms with Crippen molar-refractivity contribution in [3.8, 4) is 0 Å². The Labute approximate surface area is 115 Å². The van der Waals surface area contributed by atoms with Gasteiger partial charge in [0.05, 0.1) is 5.56 Å². The van der Waals surface area contributed by atoms with Gasteiger partial charge in [0, 0.05) is 4.83 Å². The molecule has 0 aliphatic rings. The van der Waals surface area contributed by atoms with Crippen molar-refractivity contribution in [2.24, 2.45) is 11.8 Å². The topological polar surface area (TPSA) is 0 Å². The average molecular weight is 323 g/mol. The molecule has 0 aliphatic carbocycles. The summed E-state index contributed by atoms with van der Waals surface area (Å²) < 4.78 is 37.8. The highest BCUT2D eigenvalue weighted by molar-refractivity contribution is 9.09. The predicted octanol–water partition coefficient (Wildman–Crippen LogP) is 5.30. The number of hydrogen-bond donors (Lipinski definition) is 0. The number of halogens is 4. The third kappa shape index (κ3) is 4.30. The van der Waals surface area contributed by atoms with Crippen molar-refractivity contribution in [1.29, 1.82) is 0 Å². The summed E-state index contributed by atoms with van der Waals surface area (Å²) in [5.41, 5.74) is 0.180. The van der Waals surface area contributed by atoms with Gasteiger partial charge in [0.2, 0.25) is 0 Å². The van der Waals surface area contributed by atoms with Crippen LogP contribution in [0.1, 0.15) is 31.9 Å². The Hall–Kier alpha value is -0.510. The van der Waals surface area contributed by atoms with Crippen LogP contribution in [0.5, 0.6) is 0 Å². The summed E-state index contributed by atoms with van der Waals surface area (Å²) in [5.74, 6) is 0.752. The SMILES string of the molecule is CC(C)C(Cc1cccc(C(F)(F)F)c1)C(C)Br. The zero-order valence-electron chi connectivity index (χ0n) is 10.8. The van der Waals surface area contributed by atoms with Crippen molar-refractivity contribution >= 4 is 15.9 Å². The molecule has 4 heteroatoms. The van der Waals surface area contributed by atoms with Gasteiger partial charge in [-0.1, -0.05) is 54.9 Å². The van der Waals surface area contributed by atoms with Crippen LogP contribution in [0.4, 0.5) is 13.2 Å². The quantitative estimate of drug-likeness (QED) is 0.659. The molecule has 2 atom stereocenters. The van der Waals surface area contributed by atoms with E-state index in [1.807, 2.05) is 6.92 Å². The highest BCUT2D eigenvalue weighted by atomic mass is 79.9. The molecule has 0 heterocycles. The molecule has 1 aromatic carbocycles. The maximum absolute atomic E-state index is 12.6. The van der Waals surface area contributed by atoms with Crippen molar-refractivity contribution in [2.45, 2.75) is 38.2 Å². The van der Waals surface area contributed by atoms with Crippen LogP contribution in [-0.2, 0) is 12.6 Å². The van der Waals surface area contributed by atoms with Gasteiger partial charge in [0.1, 0.15) is 0 Å². The van der Waals surface area contributed by atoms with E-state index in [2.05, 4.69) is 29.8 Å². The molecule has 2 unspecified atom stereocenters. The summed E-state index contributed by atoms with van der Waals surface area (Å²) in [6.45, 7) is 6.23. The Bertz CT molecular complexity index is 375. The first kappa shape index (κ1) is 15.5. The monoisotopic (exact) mass is 322 g/mol. The first-order valence-electron chi connectivity index (χ1n) is 6.02. The van der Waals surface area contributed by atoms with Gasteiger partial charge in [-0.3, -0.25) is 0 Å². The molecule has 0 aromatic heterocycles. The largest absolute Gasteiger partial charge is 0.416 e. The fourth-order valence-corrected chi connectivity index (χ4v) is 2.87. The van der Waals surface area contributed by atoms with E-state index in [1.54, 1.807) is 6.07 Å². The second-order valence-electron chi connectivity index (χ2n) is 4.99. The van der Waals surface area contributed by atoms with Crippen LogP contribution in [0.25, 0.3) is 0 Å². The normalized spacial score (nSPS) is 15.8. The van der Waals surface area contributed by atoms with Crippen molar-refractivity contribution in [3.05, 3.63) is 35.4 Å². The first-order valence-corrected chi connectivity index (χ1v) is 6.93. The third-order valence-corrected chi connectivity index (χ3v) is 3.85. The summed E-state index contributed by atoms with van der Waals surface area (Å²) in [7, 11) is 0. The summed E-state index contributed by atoms with van der Waals surface area (Å²) in [4.78, 5) is 0.284. The first-order chi connectivity index (χ1) is 8.21. The standard InChI is InChI=1S/C14H18BrF3/c1-9(2)13(10(3)15)8-11-5-4-6-12(7-11)14(16,17)18/h4-7,9-10,13H,8H2,1-3H3. The number of hydrogen-bond acceptors (Lipinski definition) is 0. The van der Waals surface area contributed by atoms with E-state index in [-0.39, 0.29) is 4.83 Å². The van der Waals surface area contributed by atoms with Crippen LogP contribution in [0.15, 0.2) is 24.3 Å². The maximum atomic E-state index is 12.6. The molecule has 0 radical (unpaired) electrons. The van der Waals surface area contributed by atoms with Crippen LogP contribution in [0.3, 0.4) is 0 Å². The van der Waals surface area contributed by atoms with Crippen LogP contribution < -0.4 is 0 Å². The molecule has 0 aliphatic heterocycles. The Morgan fingerprint density at radius 3 is 2.22 bits per heavy atom. The molecule has 0 amide bonds. The Morgan fingerprint density at radius 2 is 1.78 bits per heavy atom. The van der Waals surface area contributed by atoms with Gasteiger partial charge in [0.15, 0.2) is 0 Å². The van der Waals surface area contributed by atoms with E-state index in [0.29, 0.717) is 18.3 Å². The summed E-state index contributed by atoms with van der Waals surface area (Å²) >= 11 is 3.53. The van der Waals surface area contributed by atoms with Crippen LogP contribution in [0, 0.1) is 11.8 Å². The predicted molar refractivity (Wildman–Crippen MR) is 71.9 cm³/mol. The molecule has 0 saturated heterocycles. The molecular formula is C14H18BrF3. The molecule has 0 fully saturated rings. The maximum Gasteiger partial charge on any atom is 0.416 e. The van der Waals surface area contributed by atoms with Crippen molar-refractivity contribution in [3.63, 3.8) is 0 Å². The zero-order valence-corrected chi connectivity index (χ0v) is 12.3. The lowest BCUT2D eigenvalue weighted by atomic mass is 9.87. The van der Waals surface area contributed by atoms with E-state index < -0.39 is 11.7 Å². The Morgan fingerprint density at radius 1 is 1.17 bits per heavy atom. The van der Waals surface area contributed by atoms with Gasteiger partial charge in [-0.2, -0.15) is 13.2 Å². The molecule has 102 valence electrons. The zero-order chi connectivity index (χ0) is 13.9. The Kier molecular flexibility index (Phi) is 5.26. The van der Waals surface area contributed by atoms with Gasteiger partial charge >= 0.3 is 6.18 Å². The van der Waals surface area contributed by atoms with Crippen molar-refractivity contribution in [2.75, 3.05) is 0 Å². The van der Waals surface area contributed by atoms with E-state index in [0.717, 1.165) is 11.6 Å². The summed E-state index contributed by atoms with van der Waals surface area (Å²) in [6, 6.07) is 5.62. The molecule has 1 rings (SSSR count). The van der Waals surface area contributed by atoms with Crippen LogP contribution in [-0.4, -0.2) is 4.83 Å². The molecule has 0 N–H and O–H groups in total. The minimum atomic E-state index is -4.26. The number of rotatable bonds is 4.